The first-order valence-corrected chi connectivity index (χ1v) is 22.1. The van der Waals surface area contributed by atoms with E-state index >= 15 is 0 Å². The van der Waals surface area contributed by atoms with Gasteiger partial charge in [-0.25, -0.2) is 0 Å². The van der Waals surface area contributed by atoms with Gasteiger partial charge in [-0.2, -0.15) is 144 Å². The van der Waals surface area contributed by atoms with Crippen LogP contribution in [-0.2, 0) is 56.0 Å². The number of hydrogen-bond donors (Lipinski definition) is 1. The summed E-state index contributed by atoms with van der Waals surface area (Å²) in [5.74, 6) is 0.258. The number of thiol groups is 1. The highest BCUT2D eigenvalue weighted by Crippen LogP contribution is 2.41. The number of alkyl halides is 24. The predicted molar refractivity (Wildman–Crippen MR) is 238 cm³/mol. The summed E-state index contributed by atoms with van der Waals surface area (Å²) in [6.45, 7) is 0.681. The first kappa shape index (κ1) is 60.4. The van der Waals surface area contributed by atoms with Gasteiger partial charge in [-0.1, -0.05) is 97.1 Å². The van der Waals surface area contributed by atoms with Gasteiger partial charge in [0, 0.05) is 11.6 Å². The van der Waals surface area contributed by atoms with Gasteiger partial charge >= 0.3 is 49.4 Å². The van der Waals surface area contributed by atoms with Crippen molar-refractivity contribution in [1.82, 2.24) is 0 Å². The van der Waals surface area contributed by atoms with Crippen LogP contribution >= 0.6 is 12.6 Å². The normalized spacial score (nSPS) is 13.3. The zero-order valence-corrected chi connectivity index (χ0v) is 39.0. The summed E-state index contributed by atoms with van der Waals surface area (Å²) in [6, 6.07) is 11.4. The number of nitrogens with zero attached hydrogens (tertiary/aromatic N) is 1. The Hall–Kier alpha value is -6.87. The van der Waals surface area contributed by atoms with Gasteiger partial charge in [-0.15, -0.1) is 0 Å². The summed E-state index contributed by atoms with van der Waals surface area (Å²) in [5, 5.41) is 2.06. The number of Topliss-reactive ketones (excluding diaryl/α,β-unsaturated/α-hetero) is 1. The third-order valence-electron chi connectivity index (χ3n) is 12.0. The van der Waals surface area contributed by atoms with Crippen LogP contribution in [0.4, 0.5) is 105 Å². The molecule has 0 unspecified atom stereocenters. The third kappa shape index (κ3) is 13.3. The quantitative estimate of drug-likeness (QED) is 0.0529. The fourth-order valence-corrected chi connectivity index (χ4v) is 8.78. The van der Waals surface area contributed by atoms with Crippen molar-refractivity contribution in [2.45, 2.75) is 56.0 Å². The fourth-order valence-electron chi connectivity index (χ4n) is 8.63. The van der Waals surface area contributed by atoms with Gasteiger partial charge in [0.25, 0.3) is 5.69 Å². The molecule has 0 atom stereocenters. The van der Waals surface area contributed by atoms with Crippen molar-refractivity contribution < 1.29 is 115 Å². The molecule has 7 rings (SSSR count). The highest BCUT2D eigenvalue weighted by atomic mass is 32.1. The number of carbonyl (C=O) groups is 1. The summed E-state index contributed by atoms with van der Waals surface area (Å²) in [6.07, 6.45) is -52.8. The molecule has 28 heteroatoms. The first-order valence-electron chi connectivity index (χ1n) is 21.5. The largest absolute Gasteiger partial charge is 0.416 e. The zero-order chi connectivity index (χ0) is 58.6. The second kappa shape index (κ2) is 21.1. The molecular weight excluding hydrogens is 1130 g/mol. The van der Waals surface area contributed by atoms with Gasteiger partial charge in [0.2, 0.25) is 5.78 Å². The van der Waals surface area contributed by atoms with Crippen molar-refractivity contribution in [3.63, 3.8) is 0 Å². The number of aromatic nitrogens is 1. The van der Waals surface area contributed by atoms with E-state index in [1.165, 1.54) is 5.56 Å². The number of carbonyl (C=O) groups excluding carboxylic acids is 1. The first-order chi connectivity index (χ1) is 35.6. The molecule has 0 amide bonds. The third-order valence-corrected chi connectivity index (χ3v) is 12.3. The zero-order valence-electron chi connectivity index (χ0n) is 38.1. The fraction of sp³-hybridized carbons (Fsp3) is 0.200. The van der Waals surface area contributed by atoms with Crippen LogP contribution < -0.4 is 26.4 Å². The Labute approximate surface area is 428 Å². The van der Waals surface area contributed by atoms with E-state index in [1.54, 1.807) is 0 Å². The van der Waals surface area contributed by atoms with E-state index < -0.39 is 195 Å². The van der Waals surface area contributed by atoms with Crippen LogP contribution in [0, 0.1) is 0 Å². The lowest BCUT2D eigenvalue weighted by molar-refractivity contribution is -0.688. The minimum absolute atomic E-state index is 0.0473. The molecule has 0 aliphatic heterocycles. The second-order valence-corrected chi connectivity index (χ2v) is 17.5. The Morgan fingerprint density at radius 3 is 0.910 bits per heavy atom. The Morgan fingerprint density at radius 1 is 0.372 bits per heavy atom. The summed E-state index contributed by atoms with van der Waals surface area (Å²) in [4.78, 5) is 12.3. The van der Waals surface area contributed by atoms with Crippen molar-refractivity contribution in [1.29, 1.82) is 0 Å². The number of rotatable bonds is 8. The van der Waals surface area contributed by atoms with Crippen molar-refractivity contribution in [2.75, 3.05) is 5.75 Å². The molecule has 0 spiro atoms. The number of ketones is 1. The number of halogens is 24. The molecule has 0 saturated carbocycles. The summed E-state index contributed by atoms with van der Waals surface area (Å²) in [7, 11) is 0. The maximum Gasteiger partial charge on any atom is 0.416 e. The summed E-state index contributed by atoms with van der Waals surface area (Å²) < 4.78 is 343. The summed E-state index contributed by atoms with van der Waals surface area (Å²) >= 11 is 4.16. The Bertz CT molecular complexity index is 2890. The van der Waals surface area contributed by atoms with Gasteiger partial charge in [-0.05, 0) is 35.7 Å². The second-order valence-electron chi connectivity index (χ2n) is 17.2. The molecule has 0 aliphatic rings. The average molecular weight is 1160 g/mol. The van der Waals surface area contributed by atoms with Crippen LogP contribution in [-0.4, -0.2) is 17.7 Å². The van der Waals surface area contributed by atoms with E-state index in [1.807, 2.05) is 59.3 Å². The molecule has 0 N–H and O–H groups in total. The number of hydrogen-bond acceptors (Lipinski definition) is 2. The smallest absolute Gasteiger partial charge is 0.286 e. The standard InChI is InChI=1S/C32H12BF24.C18H15NOS/c34-25(35,36)13-1-14(26(37,38)39)6-21(5-13)33(22-7-15(27(40,41)42)2-16(8-22)28(43,44)45,23-9-17(29(46,47)48)3-18(10-23)30(49,50)51)24-11-19(31(52,53)54)4-20(12-24)32(55,56)57;20-17(13-21)18-16-9-5-4-8-15(16)10-11-19(18)12-14-6-2-1-3-7-14/h1-12H;1-11H,12-13H2/q-1;/p+1. The van der Waals surface area contributed by atoms with Gasteiger partial charge < -0.3 is 0 Å². The molecule has 1 heterocycles. The molecule has 0 aliphatic carbocycles. The predicted octanol–water partition coefficient (Wildman–Crippen LogP) is 14.5. The van der Waals surface area contributed by atoms with Crippen LogP contribution in [0.5, 0.6) is 0 Å². The van der Waals surface area contributed by atoms with Gasteiger partial charge in [0.15, 0.2) is 12.7 Å². The molecule has 78 heavy (non-hydrogen) atoms. The van der Waals surface area contributed by atoms with Crippen molar-refractivity contribution in [2.24, 2.45) is 0 Å². The van der Waals surface area contributed by atoms with Crippen LogP contribution in [0.15, 0.2) is 140 Å². The number of benzene rings is 6. The highest BCUT2D eigenvalue weighted by Gasteiger charge is 2.47. The van der Waals surface area contributed by atoms with Crippen LogP contribution in [0.25, 0.3) is 10.8 Å². The Balaban J connectivity index is 0.000000387. The molecule has 1 aromatic heterocycles. The molecular formula is C50H28BF24NOS. The van der Waals surface area contributed by atoms with Gasteiger partial charge in [0.05, 0.1) is 55.6 Å². The molecule has 2 nitrogen and oxygen atoms in total. The maximum absolute atomic E-state index is 14.2. The molecule has 7 aromatic rings. The van der Waals surface area contributed by atoms with E-state index in [9.17, 15) is 110 Å². The van der Waals surface area contributed by atoms with Crippen molar-refractivity contribution in [3.05, 3.63) is 195 Å². The lowest BCUT2D eigenvalue weighted by Gasteiger charge is -2.46. The molecule has 0 fully saturated rings. The molecule has 416 valence electrons. The topological polar surface area (TPSA) is 20.9 Å². The Morgan fingerprint density at radius 2 is 0.641 bits per heavy atom. The average Bonchev–Trinajstić information content (AvgIpc) is 3.33. The minimum Gasteiger partial charge on any atom is -0.286 e. The minimum atomic E-state index is -6.13. The van der Waals surface area contributed by atoms with E-state index in [4.69, 9.17) is 0 Å². The van der Waals surface area contributed by atoms with Crippen LogP contribution in [0.2, 0.25) is 0 Å². The summed E-state index contributed by atoms with van der Waals surface area (Å²) in [5.41, 5.74) is -28.3. The molecule has 0 saturated heterocycles. The number of pyridine rings is 1. The van der Waals surface area contributed by atoms with Gasteiger partial charge in [-0.3, -0.25) is 4.79 Å². The van der Waals surface area contributed by atoms with Crippen LogP contribution in [0.3, 0.4) is 0 Å². The monoisotopic (exact) mass is 1160 g/mol. The van der Waals surface area contributed by atoms with Crippen molar-refractivity contribution in [3.8, 4) is 0 Å². The van der Waals surface area contributed by atoms with Crippen LogP contribution in [0.1, 0.15) is 60.6 Å². The van der Waals surface area contributed by atoms with E-state index in [-0.39, 0.29) is 11.5 Å². The lowest BCUT2D eigenvalue weighted by atomic mass is 9.12. The van der Waals surface area contributed by atoms with Crippen molar-refractivity contribution >= 4 is 57.2 Å². The lowest BCUT2D eigenvalue weighted by Crippen LogP contribution is -2.75. The molecule has 0 bridgehead atoms. The van der Waals surface area contributed by atoms with Gasteiger partial charge in [0.1, 0.15) is 6.15 Å². The highest BCUT2D eigenvalue weighted by molar-refractivity contribution is 7.81. The Kier molecular flexibility index (Phi) is 16.3. The number of fused-ring (bicyclic) bond motifs is 1. The van der Waals surface area contributed by atoms with E-state index in [0.29, 0.717) is 6.54 Å². The van der Waals surface area contributed by atoms with E-state index in [2.05, 4.69) is 24.8 Å². The molecule has 6 aromatic carbocycles. The molecule has 0 radical (unpaired) electrons. The maximum atomic E-state index is 14.2. The SMILES string of the molecule is FC(F)(F)c1cc([B-](c2cc(C(F)(F)F)cc(C(F)(F)F)c2)(c2cc(C(F)(F)F)cc(C(F)(F)F)c2)c2cc(C(F)(F)F)cc(C(F)(F)F)c2)cc(C(F)(F)F)c1.O=C(CS)c1c2ccccc2cc[n+]1Cc1ccccc1. The van der Waals surface area contributed by atoms with E-state index in [0.717, 1.165) is 16.5 Å².